The summed E-state index contributed by atoms with van der Waals surface area (Å²) in [6, 6.07) is 13.9. The van der Waals surface area contributed by atoms with Gasteiger partial charge in [0.05, 0.1) is 19.6 Å². The van der Waals surface area contributed by atoms with E-state index in [4.69, 9.17) is 13.9 Å². The van der Waals surface area contributed by atoms with Gasteiger partial charge in [-0.15, -0.1) is 0 Å². The van der Waals surface area contributed by atoms with E-state index >= 15 is 0 Å². The number of carbonyl (C=O) groups is 1. The van der Waals surface area contributed by atoms with Gasteiger partial charge < -0.3 is 34.0 Å². The van der Waals surface area contributed by atoms with Crippen LogP contribution in [-0.2, 0) is 29.1 Å². The van der Waals surface area contributed by atoms with Crippen LogP contribution in [0.5, 0.6) is 17.2 Å². The Kier molecular flexibility index (Phi) is 6.62. The first-order chi connectivity index (χ1) is 17.9. The molecule has 9 heteroatoms. The lowest BCUT2D eigenvalue weighted by Gasteiger charge is -2.29. The molecule has 2 aromatic heterocycles. The number of H-pyrrole nitrogens is 1. The van der Waals surface area contributed by atoms with Crippen molar-refractivity contribution in [3.05, 3.63) is 87.1 Å². The number of phenolic OH excluding ortho intramolecular Hbond substituents is 1. The van der Waals surface area contributed by atoms with Crippen LogP contribution in [-0.4, -0.2) is 46.8 Å². The van der Waals surface area contributed by atoms with Crippen molar-refractivity contribution in [2.24, 2.45) is 0 Å². The number of carbonyl (C=O) groups excluding carboxylic acids is 1. The fourth-order valence-electron chi connectivity index (χ4n) is 5.00. The summed E-state index contributed by atoms with van der Waals surface area (Å²) in [7, 11) is 2.90. The maximum atomic E-state index is 13.6. The molecule has 1 atom stereocenters. The van der Waals surface area contributed by atoms with Crippen molar-refractivity contribution in [2.45, 2.75) is 31.9 Å². The molecule has 1 aliphatic heterocycles. The summed E-state index contributed by atoms with van der Waals surface area (Å²) < 4.78 is 16.1. The minimum atomic E-state index is -0.835. The number of para-hydroxylation sites is 1. The summed E-state index contributed by atoms with van der Waals surface area (Å²) in [5, 5.41) is 22.2. The van der Waals surface area contributed by atoms with E-state index in [1.54, 1.807) is 17.0 Å². The number of aromatic hydroxyl groups is 2. The highest BCUT2D eigenvalue weighted by Gasteiger charge is 2.31. The Balaban J connectivity index is 1.49. The van der Waals surface area contributed by atoms with Gasteiger partial charge in [0.15, 0.2) is 17.3 Å². The van der Waals surface area contributed by atoms with E-state index in [0.29, 0.717) is 25.1 Å². The lowest BCUT2D eigenvalue weighted by Crippen LogP contribution is -2.36. The van der Waals surface area contributed by atoms with Crippen LogP contribution in [0.1, 0.15) is 40.7 Å². The predicted molar refractivity (Wildman–Crippen MR) is 136 cm³/mol. The highest BCUT2D eigenvalue weighted by molar-refractivity contribution is 5.86. The largest absolute Gasteiger partial charge is 0.504 e. The van der Waals surface area contributed by atoms with E-state index in [9.17, 15) is 19.8 Å². The van der Waals surface area contributed by atoms with Gasteiger partial charge in [-0.3, -0.25) is 9.59 Å². The number of hydrogen-bond acceptors (Lipinski definition) is 7. The number of methoxy groups -OCH3 is 2. The minimum absolute atomic E-state index is 0.0202. The van der Waals surface area contributed by atoms with Crippen molar-refractivity contribution >= 4 is 16.8 Å². The summed E-state index contributed by atoms with van der Waals surface area (Å²) in [5.74, 6) is -1.30. The number of fused-ring (bicyclic) bond motifs is 3. The first-order valence-corrected chi connectivity index (χ1v) is 12.0. The van der Waals surface area contributed by atoms with Crippen molar-refractivity contribution in [3.63, 3.8) is 0 Å². The molecule has 5 rings (SSSR count). The third-order valence-electron chi connectivity index (χ3n) is 6.82. The molecule has 37 heavy (non-hydrogen) atoms. The van der Waals surface area contributed by atoms with Crippen LogP contribution < -0.4 is 10.2 Å². The molecule has 1 aliphatic rings. The number of phenols is 1. The zero-order valence-corrected chi connectivity index (χ0v) is 20.6. The molecule has 0 unspecified atom stereocenters. The van der Waals surface area contributed by atoms with E-state index < -0.39 is 17.1 Å². The van der Waals surface area contributed by atoms with Crippen LogP contribution >= 0.6 is 0 Å². The summed E-state index contributed by atoms with van der Waals surface area (Å²) in [6.07, 6.45) is 0.622. The molecule has 0 radical (unpaired) electrons. The third-order valence-corrected chi connectivity index (χ3v) is 6.82. The Labute approximate surface area is 212 Å². The highest BCUT2D eigenvalue weighted by atomic mass is 16.5. The third kappa shape index (κ3) is 4.65. The van der Waals surface area contributed by atoms with Gasteiger partial charge in [0.1, 0.15) is 12.4 Å². The second-order valence-electron chi connectivity index (χ2n) is 9.10. The number of nitrogens with one attached hydrogen (secondary N) is 1. The molecule has 1 amide bonds. The lowest BCUT2D eigenvalue weighted by molar-refractivity contribution is -0.132. The maximum absolute atomic E-state index is 13.6. The smallest absolute Gasteiger partial charge is 0.227 e. The predicted octanol–water partition coefficient (Wildman–Crippen LogP) is 3.79. The molecular weight excluding hydrogens is 476 g/mol. The molecule has 9 nitrogen and oxygen atoms in total. The average molecular weight is 505 g/mol. The van der Waals surface area contributed by atoms with Crippen molar-refractivity contribution in [1.82, 2.24) is 9.88 Å². The minimum Gasteiger partial charge on any atom is -0.504 e. The second-order valence-corrected chi connectivity index (χ2v) is 9.10. The van der Waals surface area contributed by atoms with E-state index in [0.717, 1.165) is 22.7 Å². The molecule has 3 heterocycles. The second kappa shape index (κ2) is 10.0. The Bertz CT molecular complexity index is 1520. The Morgan fingerprint density at radius 2 is 1.97 bits per heavy atom. The molecule has 192 valence electrons. The molecule has 4 aromatic rings. The van der Waals surface area contributed by atoms with E-state index in [1.807, 2.05) is 18.2 Å². The first kappa shape index (κ1) is 24.5. The lowest BCUT2D eigenvalue weighted by atomic mass is 9.90. The molecule has 0 saturated carbocycles. The first-order valence-electron chi connectivity index (χ1n) is 12.0. The standard InChI is InChI=1S/C28H28N2O7/c1-35-15-17-12-24(32)27(34)28(37-17)20(16-7-8-25(36-2)23(31)11-16)13-26(33)30-10-9-19-18-5-3-4-6-21(18)29-22(19)14-30/h3-8,11-12,20,29,31,34H,9-10,13-15H2,1-2H3/t20-/m0/s1. The van der Waals surface area contributed by atoms with Crippen LogP contribution in [0, 0.1) is 0 Å². The van der Waals surface area contributed by atoms with E-state index in [-0.39, 0.29) is 42.0 Å². The van der Waals surface area contributed by atoms with Gasteiger partial charge in [-0.05, 0) is 35.7 Å². The van der Waals surface area contributed by atoms with Crippen LogP contribution in [0.2, 0.25) is 0 Å². The molecule has 0 aliphatic carbocycles. The molecule has 3 N–H and O–H groups in total. The van der Waals surface area contributed by atoms with Gasteiger partial charge in [-0.25, -0.2) is 0 Å². The van der Waals surface area contributed by atoms with E-state index in [1.165, 1.54) is 25.8 Å². The van der Waals surface area contributed by atoms with Crippen molar-refractivity contribution in [3.8, 4) is 17.2 Å². The number of aromatic amines is 1. The maximum Gasteiger partial charge on any atom is 0.227 e. The van der Waals surface area contributed by atoms with Crippen LogP contribution in [0.3, 0.4) is 0 Å². The number of aromatic nitrogens is 1. The summed E-state index contributed by atoms with van der Waals surface area (Å²) in [6.45, 7) is 0.976. The molecule has 0 fully saturated rings. The van der Waals surface area contributed by atoms with Crippen LogP contribution in [0.4, 0.5) is 0 Å². The fraction of sp³-hybridized carbons (Fsp3) is 0.286. The number of benzene rings is 2. The van der Waals surface area contributed by atoms with Crippen molar-refractivity contribution in [2.75, 3.05) is 20.8 Å². The van der Waals surface area contributed by atoms with Crippen molar-refractivity contribution < 1.29 is 28.9 Å². The van der Waals surface area contributed by atoms with Gasteiger partial charge in [-0.2, -0.15) is 0 Å². The Morgan fingerprint density at radius 3 is 2.73 bits per heavy atom. The summed E-state index contributed by atoms with van der Waals surface area (Å²) in [4.78, 5) is 31.3. The SMILES string of the molecule is COCc1cc(=O)c(O)c([C@@H](CC(=O)N2CCc3c([nH]c4ccccc34)C2)c2ccc(OC)c(O)c2)o1. The molecule has 0 spiro atoms. The molecular formula is C28H28N2O7. The quantitative estimate of drug-likeness (QED) is 0.350. The average Bonchev–Trinajstić information content (AvgIpc) is 3.27. The Hall–Kier alpha value is -4.24. The number of ether oxygens (including phenoxy) is 2. The zero-order valence-electron chi connectivity index (χ0n) is 20.6. The normalized spacial score (nSPS) is 13.9. The zero-order chi connectivity index (χ0) is 26.1. The van der Waals surface area contributed by atoms with Gasteiger partial charge in [0.25, 0.3) is 0 Å². The van der Waals surface area contributed by atoms with Gasteiger partial charge >= 0.3 is 0 Å². The van der Waals surface area contributed by atoms with Gasteiger partial charge in [-0.1, -0.05) is 24.3 Å². The topological polar surface area (TPSA) is 125 Å². The summed E-state index contributed by atoms with van der Waals surface area (Å²) in [5.41, 5.74) is 3.10. The number of amides is 1. The van der Waals surface area contributed by atoms with Crippen molar-refractivity contribution in [1.29, 1.82) is 0 Å². The fourth-order valence-corrected chi connectivity index (χ4v) is 5.00. The number of hydrogen-bond donors (Lipinski definition) is 3. The monoisotopic (exact) mass is 504 g/mol. The van der Waals surface area contributed by atoms with Gasteiger partial charge in [0.2, 0.25) is 17.1 Å². The Morgan fingerprint density at radius 1 is 1.16 bits per heavy atom. The highest BCUT2D eigenvalue weighted by Crippen LogP contribution is 2.38. The molecule has 2 aromatic carbocycles. The van der Waals surface area contributed by atoms with Gasteiger partial charge in [0, 0.05) is 42.7 Å². The molecule has 0 bridgehead atoms. The molecule has 0 saturated heterocycles. The van der Waals surface area contributed by atoms with Crippen LogP contribution in [0.15, 0.2) is 57.7 Å². The van der Waals surface area contributed by atoms with Crippen LogP contribution in [0.25, 0.3) is 10.9 Å². The summed E-state index contributed by atoms with van der Waals surface area (Å²) >= 11 is 0. The van der Waals surface area contributed by atoms with E-state index in [2.05, 4.69) is 11.1 Å². The number of rotatable bonds is 7. The number of nitrogens with zero attached hydrogens (tertiary/aromatic N) is 1.